The number of carbonyl (C=O) groups is 1. The summed E-state index contributed by atoms with van der Waals surface area (Å²) in [4.78, 5) is 14.2. The highest BCUT2D eigenvalue weighted by atomic mass is 16.2. The van der Waals surface area contributed by atoms with Crippen molar-refractivity contribution < 1.29 is 4.79 Å². The molecular weight excluding hydrogens is 258 g/mol. The van der Waals surface area contributed by atoms with Gasteiger partial charge in [0, 0.05) is 13.1 Å². The number of rotatable bonds is 14. The second kappa shape index (κ2) is 15.6. The predicted octanol–water partition coefficient (Wildman–Crippen LogP) is 5.72. The van der Waals surface area contributed by atoms with Crippen molar-refractivity contribution in [1.29, 1.82) is 0 Å². The second-order valence-corrected chi connectivity index (χ2v) is 5.99. The molecule has 0 aliphatic carbocycles. The van der Waals surface area contributed by atoms with Crippen LogP contribution in [-0.4, -0.2) is 23.9 Å². The van der Waals surface area contributed by atoms with Gasteiger partial charge in [-0.15, -0.1) is 0 Å². The molecule has 0 unspecified atom stereocenters. The SMILES string of the molecule is CCCCCCCCC=CC(=O)N(CCCC)CCCC. The van der Waals surface area contributed by atoms with Crippen LogP contribution < -0.4 is 0 Å². The van der Waals surface area contributed by atoms with Gasteiger partial charge in [-0.2, -0.15) is 0 Å². The van der Waals surface area contributed by atoms with Crippen molar-refractivity contribution in [3.63, 3.8) is 0 Å². The minimum atomic E-state index is 0.211. The van der Waals surface area contributed by atoms with Gasteiger partial charge in [0.1, 0.15) is 0 Å². The van der Waals surface area contributed by atoms with Crippen molar-refractivity contribution in [2.24, 2.45) is 0 Å². The third kappa shape index (κ3) is 12.6. The van der Waals surface area contributed by atoms with Crippen molar-refractivity contribution in [3.05, 3.63) is 12.2 Å². The molecule has 0 aromatic carbocycles. The zero-order valence-corrected chi connectivity index (χ0v) is 14.7. The monoisotopic (exact) mass is 295 g/mol. The highest BCUT2D eigenvalue weighted by molar-refractivity contribution is 5.87. The molecule has 0 aliphatic rings. The zero-order chi connectivity index (χ0) is 15.8. The first-order valence-corrected chi connectivity index (χ1v) is 9.21. The first-order chi connectivity index (χ1) is 10.3. The molecule has 124 valence electrons. The van der Waals surface area contributed by atoms with Gasteiger partial charge < -0.3 is 4.90 Å². The standard InChI is InChI=1S/C19H37NO/c1-4-7-10-11-12-13-14-15-16-19(21)20(17-8-5-2)18-9-6-3/h15-16H,4-14,17-18H2,1-3H3. The number of unbranched alkanes of at least 4 members (excludes halogenated alkanes) is 8. The minimum absolute atomic E-state index is 0.211. The van der Waals surface area contributed by atoms with Crippen LogP contribution in [0, 0.1) is 0 Å². The Morgan fingerprint density at radius 3 is 1.86 bits per heavy atom. The fourth-order valence-electron chi connectivity index (χ4n) is 2.36. The summed E-state index contributed by atoms with van der Waals surface area (Å²) in [6, 6.07) is 0. The Morgan fingerprint density at radius 2 is 1.29 bits per heavy atom. The molecule has 0 fully saturated rings. The van der Waals surface area contributed by atoms with Gasteiger partial charge in [-0.3, -0.25) is 4.79 Å². The Bertz CT molecular complexity index is 252. The number of hydrogen-bond acceptors (Lipinski definition) is 1. The Labute approximate surface area is 133 Å². The number of allylic oxidation sites excluding steroid dienone is 1. The summed E-state index contributed by atoms with van der Waals surface area (Å²) in [6.45, 7) is 8.43. The molecule has 0 N–H and O–H groups in total. The van der Waals surface area contributed by atoms with Crippen LogP contribution in [-0.2, 0) is 4.79 Å². The highest BCUT2D eigenvalue weighted by Crippen LogP contribution is 2.07. The molecule has 0 bridgehead atoms. The Balaban J connectivity index is 3.84. The van der Waals surface area contributed by atoms with Crippen molar-refractivity contribution in [2.45, 2.75) is 91.4 Å². The van der Waals surface area contributed by atoms with Crippen LogP contribution in [0.3, 0.4) is 0 Å². The smallest absolute Gasteiger partial charge is 0.246 e. The quantitative estimate of drug-likeness (QED) is 0.296. The van der Waals surface area contributed by atoms with E-state index in [1.165, 1.54) is 38.5 Å². The van der Waals surface area contributed by atoms with Crippen molar-refractivity contribution in [3.8, 4) is 0 Å². The lowest BCUT2D eigenvalue weighted by molar-refractivity contribution is -0.126. The van der Waals surface area contributed by atoms with Gasteiger partial charge in [0.05, 0.1) is 0 Å². The molecule has 0 aliphatic heterocycles. The van der Waals surface area contributed by atoms with Crippen LogP contribution in [0.5, 0.6) is 0 Å². The molecule has 0 saturated carbocycles. The van der Waals surface area contributed by atoms with Gasteiger partial charge in [-0.05, 0) is 31.8 Å². The van der Waals surface area contributed by atoms with E-state index in [1.807, 2.05) is 4.90 Å². The molecule has 0 rings (SSSR count). The van der Waals surface area contributed by atoms with Crippen LogP contribution in [0.25, 0.3) is 0 Å². The van der Waals surface area contributed by atoms with E-state index in [2.05, 4.69) is 26.8 Å². The van der Waals surface area contributed by atoms with E-state index in [-0.39, 0.29) is 5.91 Å². The molecule has 0 aromatic rings. The fraction of sp³-hybridized carbons (Fsp3) is 0.842. The molecule has 1 amide bonds. The number of nitrogens with zero attached hydrogens (tertiary/aromatic N) is 1. The van der Waals surface area contributed by atoms with Gasteiger partial charge in [0.15, 0.2) is 0 Å². The van der Waals surface area contributed by atoms with Crippen LogP contribution in [0.1, 0.15) is 91.4 Å². The average Bonchev–Trinajstić information content (AvgIpc) is 2.50. The van der Waals surface area contributed by atoms with Crippen LogP contribution in [0.15, 0.2) is 12.2 Å². The number of carbonyl (C=O) groups excluding carboxylic acids is 1. The van der Waals surface area contributed by atoms with Crippen molar-refractivity contribution in [1.82, 2.24) is 4.90 Å². The lowest BCUT2D eigenvalue weighted by Crippen LogP contribution is -2.31. The van der Waals surface area contributed by atoms with Gasteiger partial charge in [-0.1, -0.05) is 71.8 Å². The summed E-state index contributed by atoms with van der Waals surface area (Å²) >= 11 is 0. The first-order valence-electron chi connectivity index (χ1n) is 9.21. The highest BCUT2D eigenvalue weighted by Gasteiger charge is 2.08. The first kappa shape index (κ1) is 20.2. The number of amides is 1. The average molecular weight is 296 g/mol. The topological polar surface area (TPSA) is 20.3 Å². The summed E-state index contributed by atoms with van der Waals surface area (Å²) in [5, 5.41) is 0. The van der Waals surface area contributed by atoms with E-state index in [9.17, 15) is 4.79 Å². The summed E-state index contributed by atoms with van der Waals surface area (Å²) in [5.74, 6) is 0.211. The summed E-state index contributed by atoms with van der Waals surface area (Å²) in [5.41, 5.74) is 0. The van der Waals surface area contributed by atoms with E-state index in [4.69, 9.17) is 0 Å². The molecular formula is C19H37NO. The molecule has 0 atom stereocenters. The normalized spacial score (nSPS) is 11.2. The molecule has 21 heavy (non-hydrogen) atoms. The molecule has 0 radical (unpaired) electrons. The van der Waals surface area contributed by atoms with E-state index in [1.54, 1.807) is 6.08 Å². The van der Waals surface area contributed by atoms with Gasteiger partial charge in [-0.25, -0.2) is 0 Å². The van der Waals surface area contributed by atoms with Gasteiger partial charge in [0.25, 0.3) is 0 Å². The Kier molecular flexibility index (Phi) is 15.0. The third-order valence-electron chi connectivity index (χ3n) is 3.86. The molecule has 2 heteroatoms. The van der Waals surface area contributed by atoms with Gasteiger partial charge in [0.2, 0.25) is 5.91 Å². The predicted molar refractivity (Wildman–Crippen MR) is 93.5 cm³/mol. The van der Waals surface area contributed by atoms with Crippen molar-refractivity contribution in [2.75, 3.05) is 13.1 Å². The van der Waals surface area contributed by atoms with E-state index in [0.717, 1.165) is 45.2 Å². The molecule has 0 aromatic heterocycles. The molecule has 2 nitrogen and oxygen atoms in total. The Morgan fingerprint density at radius 1 is 0.762 bits per heavy atom. The van der Waals surface area contributed by atoms with Crippen molar-refractivity contribution >= 4 is 5.91 Å². The minimum Gasteiger partial charge on any atom is -0.339 e. The second-order valence-electron chi connectivity index (χ2n) is 5.99. The van der Waals surface area contributed by atoms with E-state index in [0.29, 0.717) is 0 Å². The maximum atomic E-state index is 12.2. The van der Waals surface area contributed by atoms with E-state index < -0.39 is 0 Å². The molecule has 0 heterocycles. The largest absolute Gasteiger partial charge is 0.339 e. The third-order valence-corrected chi connectivity index (χ3v) is 3.86. The Hall–Kier alpha value is -0.790. The zero-order valence-electron chi connectivity index (χ0n) is 14.7. The maximum Gasteiger partial charge on any atom is 0.246 e. The lowest BCUT2D eigenvalue weighted by atomic mass is 10.1. The molecule has 0 saturated heterocycles. The van der Waals surface area contributed by atoms with Crippen LogP contribution in [0.2, 0.25) is 0 Å². The maximum absolute atomic E-state index is 12.2. The number of hydrogen-bond donors (Lipinski definition) is 0. The van der Waals surface area contributed by atoms with Crippen LogP contribution >= 0.6 is 0 Å². The molecule has 0 spiro atoms. The van der Waals surface area contributed by atoms with E-state index >= 15 is 0 Å². The summed E-state index contributed by atoms with van der Waals surface area (Å²) in [7, 11) is 0. The summed E-state index contributed by atoms with van der Waals surface area (Å²) < 4.78 is 0. The fourth-order valence-corrected chi connectivity index (χ4v) is 2.36. The summed E-state index contributed by atoms with van der Waals surface area (Å²) in [6.07, 6.45) is 17.3. The van der Waals surface area contributed by atoms with Gasteiger partial charge >= 0.3 is 0 Å². The van der Waals surface area contributed by atoms with Crippen LogP contribution in [0.4, 0.5) is 0 Å². The lowest BCUT2D eigenvalue weighted by Gasteiger charge is -2.20.